The Bertz CT molecular complexity index is 791. The highest BCUT2D eigenvalue weighted by Gasteiger charge is 2.17. The lowest BCUT2D eigenvalue weighted by Gasteiger charge is -2.22. The maximum absolute atomic E-state index is 9.22. The summed E-state index contributed by atoms with van der Waals surface area (Å²) in [5.41, 5.74) is 2.64. The number of nitrogens with zero attached hydrogens (tertiary/aromatic N) is 3. The molecule has 1 aliphatic rings. The van der Waals surface area contributed by atoms with Crippen molar-refractivity contribution >= 4 is 21.8 Å². The minimum atomic E-state index is 0.0326. The maximum Gasteiger partial charge on any atom is 0.150 e. The predicted molar refractivity (Wildman–Crippen MR) is 79.8 cm³/mol. The van der Waals surface area contributed by atoms with Crippen molar-refractivity contribution in [3.8, 4) is 0 Å². The molecule has 1 saturated heterocycles. The van der Waals surface area contributed by atoms with Gasteiger partial charge in [0.25, 0.3) is 0 Å². The number of hydrogen-bond acceptors (Lipinski definition) is 4. The first-order chi connectivity index (χ1) is 10.3. The van der Waals surface area contributed by atoms with Gasteiger partial charge in [0.2, 0.25) is 0 Å². The Labute approximate surface area is 122 Å². The zero-order valence-corrected chi connectivity index (χ0v) is 11.7. The van der Waals surface area contributed by atoms with Gasteiger partial charge in [0.15, 0.2) is 0 Å². The highest BCUT2D eigenvalue weighted by Crippen LogP contribution is 2.27. The number of aliphatic hydroxyl groups is 1. The lowest BCUT2D eigenvalue weighted by atomic mass is 10.1. The molecule has 1 N–H and O–H groups in total. The Hall–Kier alpha value is -1.98. The highest BCUT2D eigenvalue weighted by atomic mass is 16.5. The van der Waals surface area contributed by atoms with Crippen LogP contribution in [0, 0.1) is 0 Å². The third-order valence-corrected chi connectivity index (χ3v) is 4.07. The van der Waals surface area contributed by atoms with Crippen molar-refractivity contribution in [3.05, 3.63) is 36.2 Å². The number of pyridine rings is 1. The van der Waals surface area contributed by atoms with Crippen LogP contribution in [0.3, 0.4) is 0 Å². The number of benzene rings is 1. The van der Waals surface area contributed by atoms with Crippen molar-refractivity contribution in [3.63, 3.8) is 0 Å². The van der Waals surface area contributed by atoms with Crippen LogP contribution in [0.5, 0.6) is 0 Å². The van der Waals surface area contributed by atoms with Crippen LogP contribution in [0.15, 0.2) is 30.6 Å². The van der Waals surface area contributed by atoms with Gasteiger partial charge in [-0.25, -0.2) is 4.68 Å². The van der Waals surface area contributed by atoms with Gasteiger partial charge in [-0.1, -0.05) is 12.1 Å². The van der Waals surface area contributed by atoms with Crippen LogP contribution in [0.25, 0.3) is 21.8 Å². The minimum absolute atomic E-state index is 0.0326. The predicted octanol–water partition coefficient (Wildman–Crippen LogP) is 2.78. The summed E-state index contributed by atoms with van der Waals surface area (Å²) in [6.07, 6.45) is 7.20. The van der Waals surface area contributed by atoms with E-state index in [0.717, 1.165) is 46.8 Å². The molecule has 1 aromatic carbocycles. The molecular weight excluding hydrogens is 266 g/mol. The lowest BCUT2D eigenvalue weighted by molar-refractivity contribution is -0.0390. The number of fused-ring (bicyclic) bond motifs is 3. The number of rotatable bonds is 2. The van der Waals surface area contributed by atoms with Crippen LogP contribution >= 0.6 is 0 Å². The van der Waals surface area contributed by atoms with Crippen LogP contribution in [0.1, 0.15) is 31.1 Å². The number of aliphatic hydroxyl groups excluding tert-OH is 1. The van der Waals surface area contributed by atoms with Crippen molar-refractivity contribution < 1.29 is 9.84 Å². The molecule has 5 heteroatoms. The topological polar surface area (TPSA) is 60.2 Å². The molecule has 0 radical (unpaired) electrons. The summed E-state index contributed by atoms with van der Waals surface area (Å²) in [5, 5.41) is 16.0. The fourth-order valence-electron chi connectivity index (χ4n) is 2.93. The maximum atomic E-state index is 9.22. The molecule has 1 atom stereocenters. The SMILES string of the molecule is OCc1ccc2c(c1)ncc1nn(C3CCCCO3)cc12. The van der Waals surface area contributed by atoms with Crippen LogP contribution in [-0.2, 0) is 11.3 Å². The molecule has 2 aromatic heterocycles. The van der Waals surface area contributed by atoms with E-state index in [9.17, 15) is 5.11 Å². The first-order valence-corrected chi connectivity index (χ1v) is 7.34. The van der Waals surface area contributed by atoms with Gasteiger partial charge in [-0.15, -0.1) is 0 Å². The molecule has 4 rings (SSSR count). The molecule has 1 unspecified atom stereocenters. The third kappa shape index (κ3) is 2.18. The minimum Gasteiger partial charge on any atom is -0.392 e. The van der Waals surface area contributed by atoms with E-state index in [-0.39, 0.29) is 12.8 Å². The zero-order valence-electron chi connectivity index (χ0n) is 11.7. The third-order valence-electron chi connectivity index (χ3n) is 4.07. The van der Waals surface area contributed by atoms with Crippen LogP contribution in [0.4, 0.5) is 0 Å². The zero-order chi connectivity index (χ0) is 14.2. The van der Waals surface area contributed by atoms with Crippen molar-refractivity contribution in [2.45, 2.75) is 32.1 Å². The summed E-state index contributed by atoms with van der Waals surface area (Å²) in [6, 6.07) is 5.85. The van der Waals surface area contributed by atoms with Crippen molar-refractivity contribution in [2.75, 3.05) is 6.61 Å². The van der Waals surface area contributed by atoms with Gasteiger partial charge in [-0.2, -0.15) is 5.10 Å². The smallest absolute Gasteiger partial charge is 0.150 e. The molecule has 0 saturated carbocycles. The van der Waals surface area contributed by atoms with Gasteiger partial charge in [0, 0.05) is 23.6 Å². The first kappa shape index (κ1) is 12.7. The van der Waals surface area contributed by atoms with E-state index in [1.807, 2.05) is 29.1 Å². The largest absolute Gasteiger partial charge is 0.392 e. The van der Waals surface area contributed by atoms with Gasteiger partial charge in [0.05, 0.1) is 18.3 Å². The molecule has 5 nitrogen and oxygen atoms in total. The second-order valence-corrected chi connectivity index (χ2v) is 5.50. The van der Waals surface area contributed by atoms with E-state index < -0.39 is 0 Å². The van der Waals surface area contributed by atoms with Gasteiger partial charge >= 0.3 is 0 Å². The Kier molecular flexibility index (Phi) is 3.09. The fourth-order valence-corrected chi connectivity index (χ4v) is 2.93. The number of ether oxygens (including phenoxy) is 1. The van der Waals surface area contributed by atoms with Crippen LogP contribution < -0.4 is 0 Å². The van der Waals surface area contributed by atoms with Crippen LogP contribution in [0.2, 0.25) is 0 Å². The average molecular weight is 283 g/mol. The summed E-state index contributed by atoms with van der Waals surface area (Å²) in [5.74, 6) is 0. The van der Waals surface area contributed by atoms with E-state index in [4.69, 9.17) is 4.74 Å². The quantitative estimate of drug-likeness (QED) is 0.785. The molecule has 1 aliphatic heterocycles. The van der Waals surface area contributed by atoms with Crippen molar-refractivity contribution in [2.24, 2.45) is 0 Å². The molecule has 3 heterocycles. The Morgan fingerprint density at radius 1 is 1.24 bits per heavy atom. The van der Waals surface area contributed by atoms with E-state index in [1.54, 1.807) is 6.20 Å². The summed E-state index contributed by atoms with van der Waals surface area (Å²) < 4.78 is 7.71. The van der Waals surface area contributed by atoms with Gasteiger partial charge < -0.3 is 9.84 Å². The van der Waals surface area contributed by atoms with Gasteiger partial charge in [0.1, 0.15) is 11.7 Å². The average Bonchev–Trinajstić information content (AvgIpc) is 2.99. The molecule has 3 aromatic rings. The molecular formula is C16H17N3O2. The number of hydrogen-bond donors (Lipinski definition) is 1. The second kappa shape index (κ2) is 5.09. The summed E-state index contributed by atoms with van der Waals surface area (Å²) >= 11 is 0. The molecule has 0 amide bonds. The lowest BCUT2D eigenvalue weighted by Crippen LogP contribution is -2.18. The first-order valence-electron chi connectivity index (χ1n) is 7.34. The monoisotopic (exact) mass is 283 g/mol. The highest BCUT2D eigenvalue weighted by molar-refractivity contribution is 6.03. The Morgan fingerprint density at radius 3 is 3.00 bits per heavy atom. The Balaban J connectivity index is 1.84. The Morgan fingerprint density at radius 2 is 2.19 bits per heavy atom. The normalized spacial score (nSPS) is 19.4. The molecule has 0 bridgehead atoms. The summed E-state index contributed by atoms with van der Waals surface area (Å²) in [7, 11) is 0. The number of aromatic nitrogens is 3. The van der Waals surface area contributed by atoms with Gasteiger partial charge in [-0.3, -0.25) is 4.98 Å². The van der Waals surface area contributed by atoms with E-state index in [0.29, 0.717) is 0 Å². The van der Waals surface area contributed by atoms with E-state index in [1.165, 1.54) is 6.42 Å². The standard InChI is InChI=1S/C16H17N3O2/c20-10-11-4-5-12-13-9-19(16-3-1-2-6-21-16)18-15(13)8-17-14(12)7-11/h4-5,7-9,16,20H,1-3,6,10H2. The molecule has 21 heavy (non-hydrogen) atoms. The second-order valence-electron chi connectivity index (χ2n) is 5.50. The van der Waals surface area contributed by atoms with Crippen molar-refractivity contribution in [1.29, 1.82) is 0 Å². The van der Waals surface area contributed by atoms with E-state index >= 15 is 0 Å². The summed E-state index contributed by atoms with van der Waals surface area (Å²) in [6.45, 7) is 0.838. The van der Waals surface area contributed by atoms with Crippen LogP contribution in [-0.4, -0.2) is 26.5 Å². The van der Waals surface area contributed by atoms with Gasteiger partial charge in [-0.05, 0) is 30.9 Å². The van der Waals surface area contributed by atoms with Crippen molar-refractivity contribution in [1.82, 2.24) is 14.8 Å². The molecule has 108 valence electrons. The van der Waals surface area contributed by atoms with E-state index in [2.05, 4.69) is 10.1 Å². The molecule has 0 spiro atoms. The fraction of sp³-hybridized carbons (Fsp3) is 0.375. The summed E-state index contributed by atoms with van der Waals surface area (Å²) in [4.78, 5) is 4.45. The molecule has 0 aliphatic carbocycles. The molecule has 1 fully saturated rings.